The maximum atomic E-state index is 15.0. The molecule has 11 heteroatoms. The number of nitrogens with one attached hydrogen (secondary N) is 1. The Morgan fingerprint density at radius 3 is 2.79 bits per heavy atom. The number of carbonyl (C=O) groups excluding carboxylic acids is 2. The van der Waals surface area contributed by atoms with E-state index in [4.69, 9.17) is 4.74 Å². The van der Waals surface area contributed by atoms with Crippen LogP contribution in [0, 0.1) is 5.82 Å². The highest BCUT2D eigenvalue weighted by Crippen LogP contribution is 2.29. The minimum absolute atomic E-state index is 0.00174. The number of nitrogens with zero attached hydrogens (tertiary/aromatic N) is 4. The van der Waals surface area contributed by atoms with Gasteiger partial charge in [0.1, 0.15) is 11.9 Å². The summed E-state index contributed by atoms with van der Waals surface area (Å²) in [6, 6.07) is 10.3. The smallest absolute Gasteiger partial charge is 0.414 e. The van der Waals surface area contributed by atoms with Gasteiger partial charge in [-0.25, -0.2) is 23.0 Å². The number of cyclic esters (lactones) is 1. The first-order valence-electron chi connectivity index (χ1n) is 11.1. The van der Waals surface area contributed by atoms with Crippen molar-refractivity contribution in [3.8, 4) is 0 Å². The zero-order valence-corrected chi connectivity index (χ0v) is 18.5. The molecular formula is C23H26F3N5O3. The highest BCUT2D eigenvalue weighted by molar-refractivity contribution is 5.90. The first-order chi connectivity index (χ1) is 16.4. The molecule has 2 saturated heterocycles. The second kappa shape index (κ2) is 10.8. The molecule has 0 aliphatic carbocycles. The van der Waals surface area contributed by atoms with Crippen molar-refractivity contribution in [1.82, 2.24) is 15.4 Å². The van der Waals surface area contributed by atoms with Gasteiger partial charge in [-0.05, 0) is 36.8 Å². The minimum Gasteiger partial charge on any atom is -0.444 e. The van der Waals surface area contributed by atoms with Crippen LogP contribution in [0.25, 0.3) is 0 Å². The van der Waals surface area contributed by atoms with Crippen LogP contribution in [0.1, 0.15) is 18.5 Å². The van der Waals surface area contributed by atoms with Gasteiger partial charge in [-0.1, -0.05) is 6.07 Å². The lowest BCUT2D eigenvalue weighted by molar-refractivity contribution is -0.129. The molecule has 0 unspecified atom stereocenters. The van der Waals surface area contributed by atoms with E-state index in [1.165, 1.54) is 11.0 Å². The predicted octanol–water partition coefficient (Wildman–Crippen LogP) is 2.99. The Hall–Kier alpha value is -3.18. The number of ketones is 1. The highest BCUT2D eigenvalue weighted by Gasteiger charge is 2.33. The average molecular weight is 477 g/mol. The number of halogens is 3. The van der Waals surface area contributed by atoms with Crippen LogP contribution >= 0.6 is 0 Å². The van der Waals surface area contributed by atoms with Crippen LogP contribution in [0.2, 0.25) is 0 Å². The van der Waals surface area contributed by atoms with Gasteiger partial charge in [0.25, 0.3) is 6.43 Å². The maximum absolute atomic E-state index is 15.0. The molecule has 2 aliphatic rings. The number of carbonyl (C=O) groups is 2. The summed E-state index contributed by atoms with van der Waals surface area (Å²) in [4.78, 5) is 30.9. The zero-order valence-electron chi connectivity index (χ0n) is 18.5. The van der Waals surface area contributed by atoms with Crippen LogP contribution in [0.3, 0.4) is 0 Å². The lowest BCUT2D eigenvalue weighted by atomic mass is 10.1. The molecular weight excluding hydrogens is 451 g/mol. The third-order valence-electron chi connectivity index (χ3n) is 5.85. The van der Waals surface area contributed by atoms with Crippen LogP contribution in [0.5, 0.6) is 0 Å². The topological polar surface area (TPSA) is 78.0 Å². The summed E-state index contributed by atoms with van der Waals surface area (Å²) in [6.45, 7) is 3.20. The van der Waals surface area contributed by atoms with Crippen LogP contribution in [-0.4, -0.2) is 67.1 Å². The number of Topliss-reactive ketones (excluding diaryl/α,β-unsaturated/α-hetero) is 1. The number of benzene rings is 1. The Balaban J connectivity index is 1.35. The third kappa shape index (κ3) is 5.84. The predicted molar refractivity (Wildman–Crippen MR) is 119 cm³/mol. The number of aromatic nitrogens is 1. The third-order valence-corrected chi connectivity index (χ3v) is 5.85. The molecule has 3 heterocycles. The second-order valence-corrected chi connectivity index (χ2v) is 8.20. The molecule has 1 N–H and O–H groups in total. The number of anilines is 2. The van der Waals surface area contributed by atoms with Crippen molar-refractivity contribution in [3.05, 3.63) is 54.1 Å². The number of pyridine rings is 1. The van der Waals surface area contributed by atoms with Gasteiger partial charge in [-0.2, -0.15) is 0 Å². The van der Waals surface area contributed by atoms with Gasteiger partial charge in [0.2, 0.25) is 0 Å². The van der Waals surface area contributed by atoms with E-state index >= 15 is 4.39 Å². The first-order valence-corrected chi connectivity index (χ1v) is 11.1. The van der Waals surface area contributed by atoms with Gasteiger partial charge in [0.05, 0.1) is 30.2 Å². The van der Waals surface area contributed by atoms with Crippen LogP contribution in [-0.2, 0) is 16.1 Å². The van der Waals surface area contributed by atoms with Crippen LogP contribution in [0.4, 0.5) is 29.3 Å². The van der Waals surface area contributed by atoms with E-state index in [1.807, 2.05) is 28.1 Å². The molecule has 2 fully saturated rings. The summed E-state index contributed by atoms with van der Waals surface area (Å²) in [6.07, 6.45) is -3.05. The van der Waals surface area contributed by atoms with Crippen molar-refractivity contribution < 1.29 is 27.5 Å². The molecule has 1 aromatic carbocycles. The number of hydrazine groups is 1. The monoisotopic (exact) mass is 477 g/mol. The van der Waals surface area contributed by atoms with E-state index < -0.39 is 30.2 Å². The molecule has 0 saturated carbocycles. The summed E-state index contributed by atoms with van der Waals surface area (Å²) >= 11 is 0. The highest BCUT2D eigenvalue weighted by atomic mass is 19.3. The van der Waals surface area contributed by atoms with Gasteiger partial charge in [-0.3, -0.25) is 20.1 Å². The molecule has 1 aromatic heterocycles. The molecule has 2 aliphatic heterocycles. The lowest BCUT2D eigenvalue weighted by Crippen LogP contribution is -2.38. The van der Waals surface area contributed by atoms with Gasteiger partial charge < -0.3 is 9.64 Å². The maximum Gasteiger partial charge on any atom is 0.414 e. The summed E-state index contributed by atoms with van der Waals surface area (Å²) in [5, 5.41) is 2.05. The standard InChI is InChI=1S/C23H26F3N5O3/c24-19-13-17(31-15-18(34-23(31)33)5-7-21(32)22(25)26)4-6-20(19)29-10-9-28-30(12-11-29)14-16-3-1-2-8-27-16/h1-4,6,8,13,18,22,28H,5,7,9-12,14-15H2/t18-/m0/s1. The van der Waals surface area contributed by atoms with E-state index in [2.05, 4.69) is 10.4 Å². The van der Waals surface area contributed by atoms with Crippen LogP contribution in [0.15, 0.2) is 42.6 Å². The number of hydrogen-bond donors (Lipinski definition) is 1. The molecule has 1 amide bonds. The Morgan fingerprint density at radius 2 is 2.06 bits per heavy atom. The fourth-order valence-electron chi connectivity index (χ4n) is 4.05. The van der Waals surface area contributed by atoms with Crippen LogP contribution < -0.4 is 15.2 Å². The Bertz CT molecular complexity index is 1010. The Morgan fingerprint density at radius 1 is 1.21 bits per heavy atom. The molecule has 8 nitrogen and oxygen atoms in total. The molecule has 2 aromatic rings. The summed E-state index contributed by atoms with van der Waals surface area (Å²) < 4.78 is 45.0. The molecule has 34 heavy (non-hydrogen) atoms. The summed E-state index contributed by atoms with van der Waals surface area (Å²) in [7, 11) is 0. The van der Waals surface area contributed by atoms with Crippen molar-refractivity contribution >= 4 is 23.3 Å². The normalized spacial score (nSPS) is 19.4. The van der Waals surface area contributed by atoms with Crippen molar-refractivity contribution in [1.29, 1.82) is 0 Å². The van der Waals surface area contributed by atoms with Crippen molar-refractivity contribution in [2.24, 2.45) is 0 Å². The molecule has 182 valence electrons. The summed E-state index contributed by atoms with van der Waals surface area (Å²) in [5.74, 6) is -1.66. The van der Waals surface area contributed by atoms with E-state index in [0.717, 1.165) is 5.69 Å². The van der Waals surface area contributed by atoms with Crippen molar-refractivity contribution in [2.45, 2.75) is 31.9 Å². The Kier molecular flexibility index (Phi) is 7.63. The second-order valence-electron chi connectivity index (χ2n) is 8.20. The molecule has 0 spiro atoms. The fraction of sp³-hybridized carbons (Fsp3) is 0.435. The summed E-state index contributed by atoms with van der Waals surface area (Å²) in [5.41, 5.74) is 5.02. The van der Waals surface area contributed by atoms with Gasteiger partial charge in [0, 0.05) is 38.8 Å². The fourth-order valence-corrected chi connectivity index (χ4v) is 4.05. The van der Waals surface area contributed by atoms with Gasteiger partial charge in [-0.15, -0.1) is 0 Å². The zero-order chi connectivity index (χ0) is 24.1. The minimum atomic E-state index is -3.04. The molecule has 0 radical (unpaired) electrons. The van der Waals surface area contributed by atoms with Gasteiger partial charge >= 0.3 is 6.09 Å². The number of rotatable bonds is 8. The van der Waals surface area contributed by atoms with E-state index in [9.17, 15) is 18.4 Å². The number of hydrogen-bond acceptors (Lipinski definition) is 7. The molecule has 1 atom stereocenters. The van der Waals surface area contributed by atoms with E-state index in [0.29, 0.717) is 44.1 Å². The number of ether oxygens (including phenoxy) is 1. The largest absolute Gasteiger partial charge is 0.444 e. The Labute approximate surface area is 195 Å². The molecule has 4 rings (SSSR count). The van der Waals surface area contributed by atoms with Crippen molar-refractivity contribution in [2.75, 3.05) is 42.5 Å². The SMILES string of the molecule is O=C(CC[C@H]1CN(c2ccc(N3CCNN(Cc4ccccn4)CC3)c(F)c2)C(=O)O1)C(F)F. The van der Waals surface area contributed by atoms with E-state index in [1.54, 1.807) is 18.3 Å². The quantitative estimate of drug-likeness (QED) is 0.626. The van der Waals surface area contributed by atoms with Gasteiger partial charge in [0.15, 0.2) is 5.78 Å². The number of alkyl halides is 2. The molecule has 0 bridgehead atoms. The lowest BCUT2D eigenvalue weighted by Gasteiger charge is -2.24. The average Bonchev–Trinajstić information content (AvgIpc) is 3.04. The van der Waals surface area contributed by atoms with Crippen molar-refractivity contribution in [3.63, 3.8) is 0 Å². The number of amides is 1. The first kappa shape index (κ1) is 24.0. The van der Waals surface area contributed by atoms with E-state index in [-0.39, 0.29) is 19.4 Å².